The Hall–Kier alpha value is -1.53. The highest BCUT2D eigenvalue weighted by molar-refractivity contribution is 5.54. The average molecular weight is 245 g/mol. The van der Waals surface area contributed by atoms with Crippen molar-refractivity contribution in [1.82, 2.24) is 5.32 Å². The molecule has 0 aliphatic carbocycles. The van der Waals surface area contributed by atoms with E-state index in [2.05, 4.69) is 48.3 Å². The van der Waals surface area contributed by atoms with Crippen LogP contribution in [-0.4, -0.2) is 20.1 Å². The minimum atomic E-state index is 0.339. The summed E-state index contributed by atoms with van der Waals surface area (Å²) in [7, 11) is 2.04. The molecule has 1 N–H and O–H groups in total. The molecular weight excluding hydrogens is 222 g/mol. The van der Waals surface area contributed by atoms with Crippen molar-refractivity contribution in [3.63, 3.8) is 0 Å². The van der Waals surface area contributed by atoms with Gasteiger partial charge in [0.25, 0.3) is 0 Å². The van der Waals surface area contributed by atoms with E-state index in [0.29, 0.717) is 12.5 Å². The maximum atomic E-state index is 8.67. The Morgan fingerprint density at radius 2 is 2.11 bits per heavy atom. The Bertz CT molecular complexity index is 395. The molecule has 0 aliphatic rings. The number of hydrogen-bond acceptors (Lipinski definition) is 3. The molecule has 0 spiro atoms. The van der Waals surface area contributed by atoms with Crippen molar-refractivity contribution in [3.8, 4) is 6.07 Å². The van der Waals surface area contributed by atoms with Crippen LogP contribution >= 0.6 is 0 Å². The van der Waals surface area contributed by atoms with Gasteiger partial charge in [0.1, 0.15) is 0 Å². The molecule has 0 amide bonds. The fourth-order valence-corrected chi connectivity index (χ4v) is 2.01. The summed E-state index contributed by atoms with van der Waals surface area (Å²) >= 11 is 0. The molecule has 1 atom stereocenters. The van der Waals surface area contributed by atoms with Crippen molar-refractivity contribution in [2.75, 3.05) is 25.0 Å². The SMILES string of the molecule is CCCNC(C)c1ccccc1N(C)CCC#N. The second kappa shape index (κ2) is 7.73. The van der Waals surface area contributed by atoms with Gasteiger partial charge in [-0.25, -0.2) is 0 Å². The van der Waals surface area contributed by atoms with Gasteiger partial charge in [0.2, 0.25) is 0 Å². The van der Waals surface area contributed by atoms with E-state index >= 15 is 0 Å². The second-order valence-corrected chi connectivity index (χ2v) is 4.56. The van der Waals surface area contributed by atoms with Gasteiger partial charge in [-0.3, -0.25) is 0 Å². The number of nitrogens with zero attached hydrogens (tertiary/aromatic N) is 2. The van der Waals surface area contributed by atoms with Crippen LogP contribution in [0, 0.1) is 11.3 Å². The van der Waals surface area contributed by atoms with Crippen LogP contribution in [0.2, 0.25) is 0 Å². The molecule has 18 heavy (non-hydrogen) atoms. The summed E-state index contributed by atoms with van der Waals surface area (Å²) in [5.41, 5.74) is 2.51. The zero-order chi connectivity index (χ0) is 13.4. The average Bonchev–Trinajstić information content (AvgIpc) is 2.42. The third-order valence-electron chi connectivity index (χ3n) is 3.07. The molecule has 3 heteroatoms. The summed E-state index contributed by atoms with van der Waals surface area (Å²) in [6.45, 7) is 6.16. The predicted molar refractivity (Wildman–Crippen MR) is 76.7 cm³/mol. The van der Waals surface area contributed by atoms with Gasteiger partial charge < -0.3 is 10.2 Å². The second-order valence-electron chi connectivity index (χ2n) is 4.56. The van der Waals surface area contributed by atoms with Crippen LogP contribution in [0.25, 0.3) is 0 Å². The molecule has 1 rings (SSSR count). The van der Waals surface area contributed by atoms with Crippen LogP contribution in [0.3, 0.4) is 0 Å². The summed E-state index contributed by atoms with van der Waals surface area (Å²) in [6, 6.07) is 10.9. The summed E-state index contributed by atoms with van der Waals surface area (Å²) in [5, 5.41) is 12.2. The summed E-state index contributed by atoms with van der Waals surface area (Å²) in [5.74, 6) is 0. The molecule has 98 valence electrons. The van der Waals surface area contributed by atoms with Gasteiger partial charge in [0.15, 0.2) is 0 Å². The molecule has 0 fully saturated rings. The summed E-state index contributed by atoms with van der Waals surface area (Å²) in [4.78, 5) is 2.16. The number of nitriles is 1. The van der Waals surface area contributed by atoms with Gasteiger partial charge in [0, 0.05) is 25.3 Å². The van der Waals surface area contributed by atoms with Crippen LogP contribution in [-0.2, 0) is 0 Å². The summed E-state index contributed by atoms with van der Waals surface area (Å²) in [6.07, 6.45) is 1.69. The molecule has 1 aromatic carbocycles. The van der Waals surface area contributed by atoms with Crippen molar-refractivity contribution in [1.29, 1.82) is 5.26 Å². The Balaban J connectivity index is 2.81. The van der Waals surface area contributed by atoms with E-state index < -0.39 is 0 Å². The number of hydrogen-bond donors (Lipinski definition) is 1. The highest BCUT2D eigenvalue weighted by atomic mass is 15.1. The lowest BCUT2D eigenvalue weighted by atomic mass is 10.0. The Morgan fingerprint density at radius 1 is 1.39 bits per heavy atom. The van der Waals surface area contributed by atoms with Crippen LogP contribution in [0.5, 0.6) is 0 Å². The minimum absolute atomic E-state index is 0.339. The molecular formula is C15H23N3. The smallest absolute Gasteiger partial charge is 0.0640 e. The molecule has 0 radical (unpaired) electrons. The van der Waals surface area contributed by atoms with E-state index in [4.69, 9.17) is 5.26 Å². The number of anilines is 1. The van der Waals surface area contributed by atoms with Gasteiger partial charge in [-0.1, -0.05) is 25.1 Å². The van der Waals surface area contributed by atoms with Crippen molar-refractivity contribution in [2.24, 2.45) is 0 Å². The molecule has 0 saturated carbocycles. The molecule has 0 aliphatic heterocycles. The van der Waals surface area contributed by atoms with Crippen LogP contribution in [0.15, 0.2) is 24.3 Å². The standard InChI is InChI=1S/C15H23N3/c1-4-11-17-13(2)14-8-5-6-9-15(14)18(3)12-7-10-16/h5-6,8-9,13,17H,4,7,11-12H2,1-3H3. The highest BCUT2D eigenvalue weighted by Gasteiger charge is 2.11. The molecule has 3 nitrogen and oxygen atoms in total. The molecule has 0 saturated heterocycles. The number of rotatable bonds is 7. The zero-order valence-electron chi connectivity index (χ0n) is 11.6. The first-order valence-electron chi connectivity index (χ1n) is 6.61. The Morgan fingerprint density at radius 3 is 2.78 bits per heavy atom. The van der Waals surface area contributed by atoms with Crippen molar-refractivity contribution in [2.45, 2.75) is 32.7 Å². The first kappa shape index (κ1) is 14.5. The van der Waals surface area contributed by atoms with E-state index in [1.165, 1.54) is 11.3 Å². The van der Waals surface area contributed by atoms with E-state index in [0.717, 1.165) is 19.5 Å². The third-order valence-corrected chi connectivity index (χ3v) is 3.07. The Labute approximate surface area is 110 Å². The molecule has 0 bridgehead atoms. The van der Waals surface area contributed by atoms with Crippen LogP contribution in [0.4, 0.5) is 5.69 Å². The quantitative estimate of drug-likeness (QED) is 0.802. The largest absolute Gasteiger partial charge is 0.373 e. The highest BCUT2D eigenvalue weighted by Crippen LogP contribution is 2.25. The van der Waals surface area contributed by atoms with Crippen LogP contribution < -0.4 is 10.2 Å². The van der Waals surface area contributed by atoms with E-state index in [-0.39, 0.29) is 0 Å². The fraction of sp³-hybridized carbons (Fsp3) is 0.533. The first-order valence-corrected chi connectivity index (χ1v) is 6.61. The maximum absolute atomic E-state index is 8.67. The van der Waals surface area contributed by atoms with E-state index in [9.17, 15) is 0 Å². The number of nitrogens with one attached hydrogen (secondary N) is 1. The monoisotopic (exact) mass is 245 g/mol. The van der Waals surface area contributed by atoms with Gasteiger partial charge in [-0.15, -0.1) is 0 Å². The lowest BCUT2D eigenvalue weighted by Crippen LogP contribution is -2.24. The minimum Gasteiger partial charge on any atom is -0.373 e. The predicted octanol–water partition coefficient (Wildman–Crippen LogP) is 3.10. The molecule has 0 heterocycles. The normalized spacial score (nSPS) is 11.9. The van der Waals surface area contributed by atoms with Gasteiger partial charge >= 0.3 is 0 Å². The lowest BCUT2D eigenvalue weighted by molar-refractivity contribution is 0.570. The molecule has 1 aromatic rings. The van der Waals surface area contributed by atoms with Crippen molar-refractivity contribution >= 4 is 5.69 Å². The first-order chi connectivity index (χ1) is 8.70. The Kier molecular flexibility index (Phi) is 6.24. The zero-order valence-corrected chi connectivity index (χ0v) is 11.6. The van der Waals surface area contributed by atoms with Gasteiger partial charge in [0.05, 0.1) is 12.5 Å². The van der Waals surface area contributed by atoms with Gasteiger partial charge in [-0.05, 0) is 31.5 Å². The third kappa shape index (κ3) is 4.05. The number of benzene rings is 1. The van der Waals surface area contributed by atoms with Crippen molar-refractivity contribution in [3.05, 3.63) is 29.8 Å². The van der Waals surface area contributed by atoms with E-state index in [1.54, 1.807) is 0 Å². The van der Waals surface area contributed by atoms with Crippen molar-refractivity contribution < 1.29 is 0 Å². The topological polar surface area (TPSA) is 39.1 Å². The number of para-hydroxylation sites is 1. The molecule has 0 aromatic heterocycles. The van der Waals surface area contributed by atoms with Crippen LogP contribution in [0.1, 0.15) is 38.3 Å². The van der Waals surface area contributed by atoms with E-state index in [1.807, 2.05) is 13.1 Å². The van der Waals surface area contributed by atoms with Gasteiger partial charge in [-0.2, -0.15) is 5.26 Å². The fourth-order valence-electron chi connectivity index (χ4n) is 2.01. The lowest BCUT2D eigenvalue weighted by Gasteiger charge is -2.25. The summed E-state index contributed by atoms with van der Waals surface area (Å²) < 4.78 is 0. The maximum Gasteiger partial charge on any atom is 0.0640 e. The molecule has 1 unspecified atom stereocenters.